The van der Waals surface area contributed by atoms with Crippen molar-refractivity contribution in [3.63, 3.8) is 0 Å². The molecule has 0 saturated carbocycles. The van der Waals surface area contributed by atoms with E-state index >= 15 is 0 Å². The summed E-state index contributed by atoms with van der Waals surface area (Å²) in [4.78, 5) is 37.8. The van der Waals surface area contributed by atoms with Gasteiger partial charge in [0.1, 0.15) is 13.2 Å². The van der Waals surface area contributed by atoms with Crippen molar-refractivity contribution in [3.8, 4) is 0 Å². The van der Waals surface area contributed by atoms with Gasteiger partial charge in [-0.15, -0.1) is 0 Å². The summed E-state index contributed by atoms with van der Waals surface area (Å²) in [5, 5.41) is 0. The van der Waals surface area contributed by atoms with Crippen molar-refractivity contribution in [3.05, 3.63) is 109 Å². The summed E-state index contributed by atoms with van der Waals surface area (Å²) in [6, 6.07) is 0. The zero-order chi connectivity index (χ0) is 52.2. The molecule has 0 bridgehead atoms. The lowest BCUT2D eigenvalue weighted by Gasteiger charge is -2.18. The molecule has 0 spiro atoms. The van der Waals surface area contributed by atoms with Gasteiger partial charge in [0.2, 0.25) is 0 Å². The second-order valence-corrected chi connectivity index (χ2v) is 19.5. The Morgan fingerprint density at radius 2 is 0.542 bits per heavy atom. The molecule has 0 fully saturated rings. The molecule has 0 N–H and O–H groups in total. The van der Waals surface area contributed by atoms with Crippen molar-refractivity contribution in [1.29, 1.82) is 0 Å². The van der Waals surface area contributed by atoms with Crippen LogP contribution < -0.4 is 0 Å². The van der Waals surface area contributed by atoms with E-state index in [0.29, 0.717) is 19.3 Å². The van der Waals surface area contributed by atoms with E-state index in [2.05, 4.69) is 130 Å². The third-order valence-electron chi connectivity index (χ3n) is 12.5. The van der Waals surface area contributed by atoms with E-state index in [1.165, 1.54) is 103 Å². The number of rotatable bonds is 53. The molecule has 0 aliphatic heterocycles. The number of hydrogen-bond donors (Lipinski definition) is 0. The SMILES string of the molecule is CC/C=C\C/C=C\C/C=C\C/C=C\C/C=C\C/C=C\C/C=C\CCCCCCCCCCCC(=O)OCC(COC(=O)CCCCCCC)OC(=O)CCCCCCCCC/C=C\C/C=C\CCCCCC. The molecule has 0 aliphatic carbocycles. The van der Waals surface area contributed by atoms with Crippen LogP contribution in [0.3, 0.4) is 0 Å². The molecule has 6 nitrogen and oxygen atoms in total. The first kappa shape index (κ1) is 68.1. The van der Waals surface area contributed by atoms with E-state index in [9.17, 15) is 14.4 Å². The molecule has 0 heterocycles. The minimum atomic E-state index is -0.782. The lowest BCUT2D eigenvalue weighted by molar-refractivity contribution is -0.167. The van der Waals surface area contributed by atoms with Crippen LogP contribution in [0.2, 0.25) is 0 Å². The fraction of sp³-hybridized carbons (Fsp3) is 0.682. The van der Waals surface area contributed by atoms with Gasteiger partial charge in [0.15, 0.2) is 6.10 Å². The van der Waals surface area contributed by atoms with Gasteiger partial charge in [-0.25, -0.2) is 0 Å². The Hall–Kier alpha value is -3.93. The van der Waals surface area contributed by atoms with E-state index < -0.39 is 6.10 Å². The van der Waals surface area contributed by atoms with E-state index in [0.717, 1.165) is 128 Å². The molecule has 0 aliphatic rings. The average molecular weight is 1000 g/mol. The van der Waals surface area contributed by atoms with Crippen LogP contribution in [0.5, 0.6) is 0 Å². The predicted molar refractivity (Wildman–Crippen MR) is 311 cm³/mol. The molecule has 1 unspecified atom stereocenters. The van der Waals surface area contributed by atoms with Crippen LogP contribution in [0.4, 0.5) is 0 Å². The molecule has 0 aromatic carbocycles. The molecule has 0 rings (SSSR count). The van der Waals surface area contributed by atoms with Gasteiger partial charge >= 0.3 is 17.9 Å². The minimum Gasteiger partial charge on any atom is -0.462 e. The zero-order valence-corrected chi connectivity index (χ0v) is 46.9. The van der Waals surface area contributed by atoms with Crippen LogP contribution in [0.1, 0.15) is 271 Å². The van der Waals surface area contributed by atoms with Gasteiger partial charge in [0.25, 0.3) is 0 Å². The molecule has 0 saturated heterocycles. The lowest BCUT2D eigenvalue weighted by atomic mass is 10.1. The van der Waals surface area contributed by atoms with Gasteiger partial charge < -0.3 is 14.2 Å². The fourth-order valence-corrected chi connectivity index (χ4v) is 8.04. The third-order valence-corrected chi connectivity index (χ3v) is 12.5. The highest BCUT2D eigenvalue weighted by molar-refractivity contribution is 5.71. The third kappa shape index (κ3) is 57.0. The van der Waals surface area contributed by atoms with E-state index in [1.54, 1.807) is 0 Å². The highest BCUT2D eigenvalue weighted by atomic mass is 16.6. The number of ether oxygens (including phenoxy) is 3. The van der Waals surface area contributed by atoms with Crippen molar-refractivity contribution in [2.24, 2.45) is 0 Å². The maximum Gasteiger partial charge on any atom is 0.306 e. The number of carbonyl (C=O) groups is 3. The molecule has 0 aromatic rings. The maximum absolute atomic E-state index is 12.8. The van der Waals surface area contributed by atoms with Crippen LogP contribution in [0.25, 0.3) is 0 Å². The van der Waals surface area contributed by atoms with Gasteiger partial charge in [0, 0.05) is 19.3 Å². The molecule has 0 amide bonds. The van der Waals surface area contributed by atoms with Crippen molar-refractivity contribution < 1.29 is 28.6 Å². The smallest absolute Gasteiger partial charge is 0.306 e. The first-order valence-electron chi connectivity index (χ1n) is 29.9. The molecular formula is C66H110O6. The van der Waals surface area contributed by atoms with E-state index in [1.807, 2.05) is 0 Å². The summed E-state index contributed by atoms with van der Waals surface area (Å²) >= 11 is 0. The molecular weight excluding hydrogens is 889 g/mol. The summed E-state index contributed by atoms with van der Waals surface area (Å²) < 4.78 is 16.7. The van der Waals surface area contributed by atoms with E-state index in [4.69, 9.17) is 14.2 Å². The highest BCUT2D eigenvalue weighted by Gasteiger charge is 2.19. The largest absolute Gasteiger partial charge is 0.462 e. The highest BCUT2D eigenvalue weighted by Crippen LogP contribution is 2.15. The fourth-order valence-electron chi connectivity index (χ4n) is 8.04. The maximum atomic E-state index is 12.8. The molecule has 72 heavy (non-hydrogen) atoms. The molecule has 410 valence electrons. The van der Waals surface area contributed by atoms with Gasteiger partial charge in [-0.2, -0.15) is 0 Å². The summed E-state index contributed by atoms with van der Waals surface area (Å²) in [6.07, 6.45) is 81.3. The van der Waals surface area contributed by atoms with Gasteiger partial charge in [-0.1, -0.05) is 252 Å². The standard InChI is InChI=1S/C66H110O6/c1-4-7-10-13-15-17-19-21-23-25-27-28-29-30-31-32-33-34-35-36-37-38-39-41-42-44-46-48-50-53-56-59-65(68)71-62-63(61-70-64(67)58-55-52-12-9-6-3)72-66(69)60-57-54-51-49-47-45-43-40-26-24-22-20-18-16-14-11-8-5-2/h7,10,15,17-18,20-21,23-24,26-28,30-31,33-34,36-37,63H,4-6,8-9,11-14,16,19,22,25,29,32,35,38-62H2,1-3H3/b10-7-,17-15-,20-18-,23-21-,26-24-,28-27-,31-30-,34-33-,37-36-. The quantitative estimate of drug-likeness (QED) is 0.0261. The van der Waals surface area contributed by atoms with Crippen LogP contribution in [0, 0.1) is 0 Å². The molecule has 0 radical (unpaired) electrons. The Balaban J connectivity index is 4.09. The predicted octanol–water partition coefficient (Wildman–Crippen LogP) is 20.3. The second-order valence-electron chi connectivity index (χ2n) is 19.5. The van der Waals surface area contributed by atoms with Crippen LogP contribution in [0.15, 0.2) is 109 Å². The lowest BCUT2D eigenvalue weighted by Crippen LogP contribution is -2.30. The van der Waals surface area contributed by atoms with Crippen LogP contribution in [-0.4, -0.2) is 37.2 Å². The van der Waals surface area contributed by atoms with Crippen molar-refractivity contribution in [2.45, 2.75) is 277 Å². The zero-order valence-electron chi connectivity index (χ0n) is 46.9. The Kier molecular flexibility index (Phi) is 56.4. The second kappa shape index (κ2) is 59.6. The average Bonchev–Trinajstić information content (AvgIpc) is 3.38. The Morgan fingerprint density at radius 1 is 0.292 bits per heavy atom. The number of carbonyl (C=O) groups excluding carboxylic acids is 3. The normalized spacial score (nSPS) is 12.9. The van der Waals surface area contributed by atoms with Gasteiger partial charge in [0.05, 0.1) is 0 Å². The first-order chi connectivity index (χ1) is 35.5. The molecule has 0 aromatic heterocycles. The van der Waals surface area contributed by atoms with Gasteiger partial charge in [-0.3, -0.25) is 14.4 Å². The van der Waals surface area contributed by atoms with Crippen molar-refractivity contribution >= 4 is 17.9 Å². The summed E-state index contributed by atoms with van der Waals surface area (Å²) in [5.41, 5.74) is 0. The number of hydrogen-bond acceptors (Lipinski definition) is 6. The van der Waals surface area contributed by atoms with Crippen molar-refractivity contribution in [2.75, 3.05) is 13.2 Å². The van der Waals surface area contributed by atoms with Gasteiger partial charge in [-0.05, 0) is 109 Å². The monoisotopic (exact) mass is 999 g/mol. The molecule has 6 heteroatoms. The number of allylic oxidation sites excluding steroid dienone is 18. The Morgan fingerprint density at radius 3 is 0.861 bits per heavy atom. The Bertz CT molecular complexity index is 1470. The van der Waals surface area contributed by atoms with Crippen molar-refractivity contribution in [1.82, 2.24) is 0 Å². The van der Waals surface area contributed by atoms with Crippen LogP contribution in [-0.2, 0) is 28.6 Å². The number of unbranched alkanes of at least 4 members (excludes halogenated alkanes) is 24. The minimum absolute atomic E-state index is 0.0837. The Labute approximate surface area is 444 Å². The number of esters is 3. The topological polar surface area (TPSA) is 78.9 Å². The summed E-state index contributed by atoms with van der Waals surface area (Å²) in [6.45, 7) is 6.42. The van der Waals surface area contributed by atoms with E-state index in [-0.39, 0.29) is 31.1 Å². The summed E-state index contributed by atoms with van der Waals surface area (Å²) in [5.74, 6) is -0.910. The summed E-state index contributed by atoms with van der Waals surface area (Å²) in [7, 11) is 0. The van der Waals surface area contributed by atoms with Crippen LogP contribution >= 0.6 is 0 Å². The molecule has 1 atom stereocenters. The first-order valence-corrected chi connectivity index (χ1v) is 29.9.